The summed E-state index contributed by atoms with van der Waals surface area (Å²) < 4.78 is 30.6. The van der Waals surface area contributed by atoms with Gasteiger partial charge in [-0.2, -0.15) is 0 Å². The predicted octanol–water partition coefficient (Wildman–Crippen LogP) is 2.84. The Morgan fingerprint density at radius 1 is 0.967 bits per heavy atom. The van der Waals surface area contributed by atoms with Gasteiger partial charge in [0.25, 0.3) is 5.91 Å². The SMILES string of the molecule is CCCOC(=O)c1ccc(NC(=O)c2cc(NC(C)=O)ccc2NS(C)(=O)=O)cc1. The summed E-state index contributed by atoms with van der Waals surface area (Å²) in [5.74, 6) is -1.40. The van der Waals surface area contributed by atoms with Crippen molar-refractivity contribution in [2.24, 2.45) is 0 Å². The smallest absolute Gasteiger partial charge is 0.338 e. The number of esters is 1. The van der Waals surface area contributed by atoms with Gasteiger partial charge in [0, 0.05) is 18.3 Å². The number of hydrogen-bond donors (Lipinski definition) is 3. The molecule has 0 spiro atoms. The molecule has 0 fully saturated rings. The largest absolute Gasteiger partial charge is 0.462 e. The lowest BCUT2D eigenvalue weighted by molar-refractivity contribution is -0.114. The van der Waals surface area contributed by atoms with Crippen molar-refractivity contribution in [3.63, 3.8) is 0 Å². The number of ether oxygens (including phenoxy) is 1. The van der Waals surface area contributed by atoms with Crippen LogP contribution in [0.3, 0.4) is 0 Å². The van der Waals surface area contributed by atoms with Crippen LogP contribution in [0.15, 0.2) is 42.5 Å². The third-order valence-electron chi connectivity index (χ3n) is 3.70. The minimum absolute atomic E-state index is 0.0121. The van der Waals surface area contributed by atoms with Crippen LogP contribution in [-0.2, 0) is 19.6 Å². The predicted molar refractivity (Wildman–Crippen MR) is 114 cm³/mol. The molecule has 0 aliphatic heterocycles. The molecule has 0 radical (unpaired) electrons. The molecule has 10 heteroatoms. The van der Waals surface area contributed by atoms with Crippen LogP contribution >= 0.6 is 0 Å². The molecule has 0 aliphatic carbocycles. The van der Waals surface area contributed by atoms with Crippen molar-refractivity contribution in [1.82, 2.24) is 0 Å². The zero-order chi connectivity index (χ0) is 22.3. The molecule has 2 amide bonds. The molecule has 2 aromatic carbocycles. The van der Waals surface area contributed by atoms with E-state index < -0.39 is 21.9 Å². The van der Waals surface area contributed by atoms with Gasteiger partial charge >= 0.3 is 5.97 Å². The molecule has 2 rings (SSSR count). The van der Waals surface area contributed by atoms with Gasteiger partial charge in [0.05, 0.1) is 29.7 Å². The van der Waals surface area contributed by atoms with Crippen molar-refractivity contribution in [2.45, 2.75) is 20.3 Å². The van der Waals surface area contributed by atoms with Crippen molar-refractivity contribution in [3.8, 4) is 0 Å². The van der Waals surface area contributed by atoms with E-state index in [2.05, 4.69) is 15.4 Å². The Morgan fingerprint density at radius 3 is 2.17 bits per heavy atom. The van der Waals surface area contributed by atoms with Crippen LogP contribution < -0.4 is 15.4 Å². The molecule has 0 saturated heterocycles. The molecule has 30 heavy (non-hydrogen) atoms. The van der Waals surface area contributed by atoms with E-state index in [1.807, 2.05) is 6.92 Å². The van der Waals surface area contributed by atoms with E-state index in [4.69, 9.17) is 4.74 Å². The van der Waals surface area contributed by atoms with Crippen LogP contribution in [0.2, 0.25) is 0 Å². The van der Waals surface area contributed by atoms with E-state index in [0.717, 1.165) is 6.26 Å². The number of nitrogens with one attached hydrogen (secondary N) is 3. The summed E-state index contributed by atoms with van der Waals surface area (Å²) in [6, 6.07) is 10.3. The quantitative estimate of drug-likeness (QED) is 0.549. The number of carbonyl (C=O) groups is 3. The first-order valence-electron chi connectivity index (χ1n) is 9.07. The number of rotatable bonds is 8. The van der Waals surface area contributed by atoms with Crippen molar-refractivity contribution < 1.29 is 27.5 Å². The first-order valence-corrected chi connectivity index (χ1v) is 11.0. The zero-order valence-corrected chi connectivity index (χ0v) is 17.6. The van der Waals surface area contributed by atoms with E-state index >= 15 is 0 Å². The minimum atomic E-state index is -3.63. The molecule has 9 nitrogen and oxygen atoms in total. The fraction of sp³-hybridized carbons (Fsp3) is 0.250. The molecule has 0 aromatic heterocycles. The van der Waals surface area contributed by atoms with Crippen LogP contribution in [0.25, 0.3) is 0 Å². The fourth-order valence-corrected chi connectivity index (χ4v) is 3.05. The summed E-state index contributed by atoms with van der Waals surface area (Å²) in [4.78, 5) is 35.9. The number of anilines is 3. The van der Waals surface area contributed by atoms with Gasteiger partial charge in [-0.3, -0.25) is 14.3 Å². The molecule has 0 heterocycles. The van der Waals surface area contributed by atoms with Gasteiger partial charge in [-0.15, -0.1) is 0 Å². The van der Waals surface area contributed by atoms with Gasteiger partial charge in [0.1, 0.15) is 0 Å². The first-order chi connectivity index (χ1) is 14.1. The number of sulfonamides is 1. The van der Waals surface area contributed by atoms with Gasteiger partial charge < -0.3 is 15.4 Å². The third-order valence-corrected chi connectivity index (χ3v) is 4.29. The summed E-state index contributed by atoms with van der Waals surface area (Å²) in [6.07, 6.45) is 1.67. The van der Waals surface area contributed by atoms with Gasteiger partial charge in [0.15, 0.2) is 0 Å². The topological polar surface area (TPSA) is 131 Å². The standard InChI is InChI=1S/C20H23N3O6S/c1-4-11-29-20(26)14-5-7-15(8-6-14)22-19(25)17-12-16(21-13(2)24)9-10-18(17)23-30(3,27)28/h5-10,12,23H,4,11H2,1-3H3,(H,21,24)(H,22,25). The highest BCUT2D eigenvalue weighted by molar-refractivity contribution is 7.92. The van der Waals surface area contributed by atoms with E-state index in [1.54, 1.807) is 0 Å². The molecule has 0 aliphatic rings. The highest BCUT2D eigenvalue weighted by Crippen LogP contribution is 2.23. The Balaban J connectivity index is 2.25. The molecule has 0 saturated carbocycles. The normalized spacial score (nSPS) is 10.8. The van der Waals surface area contributed by atoms with Crippen molar-refractivity contribution >= 4 is 44.9 Å². The van der Waals surface area contributed by atoms with Crippen molar-refractivity contribution in [3.05, 3.63) is 53.6 Å². The first kappa shape index (κ1) is 22.9. The van der Waals surface area contributed by atoms with Gasteiger partial charge in [0.2, 0.25) is 15.9 Å². The Kier molecular flexibility index (Phi) is 7.54. The zero-order valence-electron chi connectivity index (χ0n) is 16.8. The fourth-order valence-electron chi connectivity index (χ4n) is 2.47. The molecular formula is C20H23N3O6S. The molecule has 160 valence electrons. The summed E-state index contributed by atoms with van der Waals surface area (Å²) in [6.45, 7) is 3.52. The molecular weight excluding hydrogens is 410 g/mol. The second-order valence-corrected chi connectivity index (χ2v) is 8.23. The third kappa shape index (κ3) is 6.89. The monoisotopic (exact) mass is 433 g/mol. The van der Waals surface area contributed by atoms with Crippen LogP contribution in [0, 0.1) is 0 Å². The Morgan fingerprint density at radius 2 is 1.60 bits per heavy atom. The summed E-state index contributed by atoms with van der Waals surface area (Å²) in [5, 5.41) is 5.18. The van der Waals surface area contributed by atoms with Gasteiger partial charge in [-0.1, -0.05) is 6.92 Å². The Labute approximate surface area is 174 Å². The van der Waals surface area contributed by atoms with Crippen molar-refractivity contribution in [1.29, 1.82) is 0 Å². The van der Waals surface area contributed by atoms with Crippen LogP contribution in [-0.4, -0.2) is 39.1 Å². The summed E-state index contributed by atoms with van der Waals surface area (Å²) in [5.41, 5.74) is 1.14. The van der Waals surface area contributed by atoms with Gasteiger partial charge in [-0.25, -0.2) is 13.2 Å². The lowest BCUT2D eigenvalue weighted by Gasteiger charge is -2.13. The molecule has 3 N–H and O–H groups in total. The Hall–Kier alpha value is -3.40. The van der Waals surface area contributed by atoms with Crippen LogP contribution in [0.5, 0.6) is 0 Å². The molecule has 0 unspecified atom stereocenters. The van der Waals surface area contributed by atoms with E-state index in [9.17, 15) is 22.8 Å². The number of hydrogen-bond acceptors (Lipinski definition) is 6. The lowest BCUT2D eigenvalue weighted by atomic mass is 10.1. The van der Waals surface area contributed by atoms with Crippen LogP contribution in [0.1, 0.15) is 41.0 Å². The van der Waals surface area contributed by atoms with Gasteiger partial charge in [-0.05, 0) is 48.9 Å². The van der Waals surface area contributed by atoms with Crippen LogP contribution in [0.4, 0.5) is 17.1 Å². The average Bonchev–Trinajstić information content (AvgIpc) is 2.66. The van der Waals surface area contributed by atoms with E-state index in [-0.39, 0.29) is 17.2 Å². The maximum Gasteiger partial charge on any atom is 0.338 e. The maximum atomic E-state index is 12.8. The summed E-state index contributed by atoms with van der Waals surface area (Å²) in [7, 11) is -3.63. The van der Waals surface area contributed by atoms with E-state index in [0.29, 0.717) is 30.0 Å². The minimum Gasteiger partial charge on any atom is -0.462 e. The Bertz CT molecular complexity index is 1050. The highest BCUT2D eigenvalue weighted by atomic mass is 32.2. The number of carbonyl (C=O) groups excluding carboxylic acids is 3. The maximum absolute atomic E-state index is 12.8. The van der Waals surface area contributed by atoms with E-state index in [1.165, 1.54) is 49.4 Å². The second kappa shape index (κ2) is 9.88. The number of benzene rings is 2. The second-order valence-electron chi connectivity index (χ2n) is 6.48. The molecule has 2 aromatic rings. The summed E-state index contributed by atoms with van der Waals surface area (Å²) >= 11 is 0. The average molecular weight is 433 g/mol. The highest BCUT2D eigenvalue weighted by Gasteiger charge is 2.16. The van der Waals surface area contributed by atoms with Crippen molar-refractivity contribution in [2.75, 3.05) is 28.2 Å². The lowest BCUT2D eigenvalue weighted by Crippen LogP contribution is -2.18. The molecule has 0 bridgehead atoms. The number of amides is 2. The molecule has 0 atom stereocenters.